The van der Waals surface area contributed by atoms with Crippen molar-refractivity contribution < 1.29 is 0 Å². The van der Waals surface area contributed by atoms with Crippen molar-refractivity contribution in [1.29, 1.82) is 0 Å². The maximum Gasteiger partial charge on any atom is 0.253 e. The summed E-state index contributed by atoms with van der Waals surface area (Å²) in [5.74, 6) is 0.661. The number of fused-ring (bicyclic) bond motifs is 1. The van der Waals surface area contributed by atoms with Crippen LogP contribution in [0.2, 0.25) is 0 Å². The molecule has 0 amide bonds. The second-order valence-electron chi connectivity index (χ2n) is 10.5. The Balaban J connectivity index is 1.67. The fourth-order valence-electron chi connectivity index (χ4n) is 4.70. The number of pyridine rings is 1. The standard InChI is InChI=1S/C29H32N6OS/c1-20-12-13-22-18-24(28(36)30-25(22)17-20)26(27-31-32-33-35(27)29(2,3)4)34(19-23-11-8-16-37-23)15-14-21-9-6-5-7-10-21/h5-13,16-18,26H,14-15,19H2,1-4H3,(H,30,36). The topological polar surface area (TPSA) is 79.7 Å². The van der Waals surface area contributed by atoms with Gasteiger partial charge in [-0.25, -0.2) is 4.68 Å². The SMILES string of the molecule is Cc1ccc2cc(C(c3nnnn3C(C)(C)C)N(CCc3ccccc3)Cc3cccs3)c(=O)[nH]c2c1. The molecule has 3 heterocycles. The van der Waals surface area contributed by atoms with Crippen LogP contribution in [0.15, 0.2) is 76.9 Å². The minimum atomic E-state index is -0.436. The van der Waals surface area contributed by atoms with Crippen molar-refractivity contribution >= 4 is 22.2 Å². The van der Waals surface area contributed by atoms with Crippen molar-refractivity contribution in [2.24, 2.45) is 0 Å². The van der Waals surface area contributed by atoms with Gasteiger partial charge in [-0.2, -0.15) is 0 Å². The van der Waals surface area contributed by atoms with Crippen molar-refractivity contribution in [2.75, 3.05) is 6.54 Å². The average molecular weight is 513 g/mol. The zero-order valence-corrected chi connectivity index (χ0v) is 22.5. The summed E-state index contributed by atoms with van der Waals surface area (Å²) in [4.78, 5) is 20.3. The lowest BCUT2D eigenvalue weighted by molar-refractivity contribution is 0.196. The van der Waals surface area contributed by atoms with E-state index in [9.17, 15) is 4.79 Å². The summed E-state index contributed by atoms with van der Waals surface area (Å²) in [7, 11) is 0. The Morgan fingerprint density at radius 1 is 1.05 bits per heavy atom. The molecule has 0 saturated carbocycles. The van der Waals surface area contributed by atoms with Gasteiger partial charge in [-0.1, -0.05) is 48.5 Å². The summed E-state index contributed by atoms with van der Waals surface area (Å²) in [6.07, 6.45) is 0.838. The van der Waals surface area contributed by atoms with Gasteiger partial charge in [0, 0.05) is 29.0 Å². The van der Waals surface area contributed by atoms with Gasteiger partial charge in [0.2, 0.25) is 0 Å². The Hall–Kier alpha value is -3.62. The number of H-pyrrole nitrogens is 1. The third-order valence-corrected chi connectivity index (χ3v) is 7.39. The molecule has 0 bridgehead atoms. The number of aromatic nitrogens is 5. The molecule has 2 aromatic carbocycles. The highest BCUT2D eigenvalue weighted by atomic mass is 32.1. The highest BCUT2D eigenvalue weighted by Crippen LogP contribution is 2.31. The molecule has 1 atom stereocenters. The van der Waals surface area contributed by atoms with Crippen LogP contribution in [0.5, 0.6) is 0 Å². The monoisotopic (exact) mass is 512 g/mol. The molecule has 3 aromatic heterocycles. The lowest BCUT2D eigenvalue weighted by Crippen LogP contribution is -2.38. The fourth-order valence-corrected chi connectivity index (χ4v) is 5.43. The van der Waals surface area contributed by atoms with Gasteiger partial charge in [0.15, 0.2) is 5.82 Å². The maximum absolute atomic E-state index is 13.7. The quantitative estimate of drug-likeness (QED) is 0.298. The van der Waals surface area contributed by atoms with Gasteiger partial charge >= 0.3 is 0 Å². The first-order valence-electron chi connectivity index (χ1n) is 12.5. The van der Waals surface area contributed by atoms with Gasteiger partial charge in [-0.3, -0.25) is 9.69 Å². The molecular formula is C29H32N6OS. The van der Waals surface area contributed by atoms with E-state index in [-0.39, 0.29) is 11.1 Å². The van der Waals surface area contributed by atoms with E-state index >= 15 is 0 Å². The summed E-state index contributed by atoms with van der Waals surface area (Å²) in [6.45, 7) is 9.66. The van der Waals surface area contributed by atoms with E-state index in [1.165, 1.54) is 10.4 Å². The molecule has 0 aliphatic carbocycles. The van der Waals surface area contributed by atoms with E-state index in [4.69, 9.17) is 0 Å². The van der Waals surface area contributed by atoms with Gasteiger partial charge in [0.25, 0.3) is 5.56 Å². The number of tetrazole rings is 1. The summed E-state index contributed by atoms with van der Waals surface area (Å²) in [6, 6.07) is 22.3. The molecule has 0 saturated heterocycles. The van der Waals surface area contributed by atoms with Gasteiger partial charge in [0.05, 0.1) is 5.54 Å². The molecular weight excluding hydrogens is 480 g/mol. The zero-order chi connectivity index (χ0) is 26.0. The van der Waals surface area contributed by atoms with Crippen molar-refractivity contribution in [1.82, 2.24) is 30.1 Å². The number of nitrogens with one attached hydrogen (secondary N) is 1. The first-order chi connectivity index (χ1) is 17.8. The maximum atomic E-state index is 13.7. The number of rotatable bonds is 8. The second kappa shape index (κ2) is 10.4. The largest absolute Gasteiger partial charge is 0.322 e. The summed E-state index contributed by atoms with van der Waals surface area (Å²) in [5.41, 5.74) is 3.34. The minimum Gasteiger partial charge on any atom is -0.322 e. The molecule has 0 aliphatic heterocycles. The first kappa shape index (κ1) is 25.0. The number of benzene rings is 2. The fraction of sp³-hybridized carbons (Fsp3) is 0.310. The zero-order valence-electron chi connectivity index (χ0n) is 21.7. The Labute approximate surface area is 220 Å². The van der Waals surface area contributed by atoms with E-state index in [1.54, 1.807) is 11.3 Å². The van der Waals surface area contributed by atoms with Crippen LogP contribution in [0, 0.1) is 6.92 Å². The third kappa shape index (κ3) is 5.55. The van der Waals surface area contributed by atoms with Crippen LogP contribution in [-0.4, -0.2) is 36.6 Å². The molecule has 5 rings (SSSR count). The van der Waals surface area contributed by atoms with Crippen molar-refractivity contribution in [3.8, 4) is 0 Å². The van der Waals surface area contributed by atoms with Crippen LogP contribution in [-0.2, 0) is 18.5 Å². The van der Waals surface area contributed by atoms with Gasteiger partial charge in [-0.15, -0.1) is 16.4 Å². The Kier molecular flexibility index (Phi) is 7.04. The van der Waals surface area contributed by atoms with Crippen LogP contribution >= 0.6 is 11.3 Å². The molecule has 5 aromatic rings. The van der Waals surface area contributed by atoms with Crippen LogP contribution in [0.1, 0.15) is 54.2 Å². The molecule has 1 unspecified atom stereocenters. The first-order valence-corrected chi connectivity index (χ1v) is 13.4. The third-order valence-electron chi connectivity index (χ3n) is 6.53. The van der Waals surface area contributed by atoms with Crippen molar-refractivity contribution in [2.45, 2.75) is 52.2 Å². The summed E-state index contributed by atoms with van der Waals surface area (Å²) >= 11 is 1.71. The number of thiophene rings is 1. The number of hydrogen-bond acceptors (Lipinski definition) is 6. The van der Waals surface area contributed by atoms with Crippen molar-refractivity contribution in [3.05, 3.63) is 110 Å². The van der Waals surface area contributed by atoms with E-state index in [0.717, 1.165) is 29.4 Å². The Bertz CT molecular complexity index is 1530. The number of nitrogens with zero attached hydrogens (tertiary/aromatic N) is 5. The minimum absolute atomic E-state index is 0.123. The molecule has 8 heteroatoms. The molecule has 0 spiro atoms. The highest BCUT2D eigenvalue weighted by Gasteiger charge is 2.33. The van der Waals surface area contributed by atoms with Crippen LogP contribution in [0.3, 0.4) is 0 Å². The molecule has 0 fully saturated rings. The normalized spacial score (nSPS) is 12.9. The number of aryl methyl sites for hydroxylation is 1. The van der Waals surface area contributed by atoms with Gasteiger partial charge in [-0.05, 0) is 84.6 Å². The predicted molar refractivity (Wildman–Crippen MR) is 149 cm³/mol. The predicted octanol–water partition coefficient (Wildman–Crippen LogP) is 5.47. The average Bonchev–Trinajstić information content (AvgIpc) is 3.56. The lowest BCUT2D eigenvalue weighted by Gasteiger charge is -2.32. The molecule has 190 valence electrons. The van der Waals surface area contributed by atoms with E-state index in [1.807, 2.05) is 29.8 Å². The lowest BCUT2D eigenvalue weighted by atomic mass is 10.0. The van der Waals surface area contributed by atoms with Crippen molar-refractivity contribution in [3.63, 3.8) is 0 Å². The van der Waals surface area contributed by atoms with Crippen LogP contribution in [0.25, 0.3) is 10.9 Å². The van der Waals surface area contributed by atoms with E-state index in [0.29, 0.717) is 17.9 Å². The number of aromatic amines is 1. The highest BCUT2D eigenvalue weighted by molar-refractivity contribution is 7.09. The molecule has 7 nitrogen and oxygen atoms in total. The smallest absolute Gasteiger partial charge is 0.253 e. The molecule has 0 aliphatic rings. The summed E-state index contributed by atoms with van der Waals surface area (Å²) < 4.78 is 1.85. The molecule has 37 heavy (non-hydrogen) atoms. The Morgan fingerprint density at radius 2 is 1.86 bits per heavy atom. The number of hydrogen-bond donors (Lipinski definition) is 1. The van der Waals surface area contributed by atoms with Gasteiger partial charge < -0.3 is 4.98 Å². The van der Waals surface area contributed by atoms with Crippen LogP contribution < -0.4 is 5.56 Å². The Morgan fingerprint density at radius 3 is 2.59 bits per heavy atom. The van der Waals surface area contributed by atoms with Gasteiger partial charge in [0.1, 0.15) is 6.04 Å². The summed E-state index contributed by atoms with van der Waals surface area (Å²) in [5, 5.41) is 16.0. The molecule has 1 N–H and O–H groups in total. The second-order valence-corrected chi connectivity index (χ2v) is 11.5. The van der Waals surface area contributed by atoms with E-state index in [2.05, 4.69) is 100 Å². The van der Waals surface area contributed by atoms with Crippen LogP contribution in [0.4, 0.5) is 0 Å². The molecule has 0 radical (unpaired) electrons. The van der Waals surface area contributed by atoms with E-state index < -0.39 is 6.04 Å².